The van der Waals surface area contributed by atoms with Crippen molar-refractivity contribution >= 4 is 5.84 Å². The first kappa shape index (κ1) is 15.6. The van der Waals surface area contributed by atoms with Crippen LogP contribution in [0.2, 0.25) is 0 Å². The summed E-state index contributed by atoms with van der Waals surface area (Å²) in [6.45, 7) is 9.86. The summed E-state index contributed by atoms with van der Waals surface area (Å²) in [7, 11) is 1.57. The third-order valence-corrected chi connectivity index (χ3v) is 5.18. The van der Waals surface area contributed by atoms with E-state index in [4.69, 9.17) is 15.7 Å². The highest BCUT2D eigenvalue weighted by atomic mass is 16.5. The van der Waals surface area contributed by atoms with Crippen molar-refractivity contribution in [1.29, 1.82) is 0 Å². The molecule has 1 fully saturated rings. The van der Waals surface area contributed by atoms with Gasteiger partial charge in [0.2, 0.25) is 0 Å². The number of methoxy groups -OCH3 is 1. The molecule has 0 heterocycles. The fraction of sp³-hybridized carbons (Fsp3) is 0.562. The Morgan fingerprint density at radius 3 is 2.43 bits per heavy atom. The molecule has 1 aromatic rings. The van der Waals surface area contributed by atoms with Gasteiger partial charge >= 0.3 is 0 Å². The van der Waals surface area contributed by atoms with Crippen LogP contribution in [0.3, 0.4) is 0 Å². The van der Waals surface area contributed by atoms with Gasteiger partial charge in [-0.1, -0.05) is 38.9 Å². The molecule has 0 radical (unpaired) electrons. The molecular formula is C16H25N3O2. The summed E-state index contributed by atoms with van der Waals surface area (Å²) in [5.41, 5.74) is 7.98. The van der Waals surface area contributed by atoms with Crippen molar-refractivity contribution in [3.63, 3.8) is 0 Å². The van der Waals surface area contributed by atoms with E-state index in [9.17, 15) is 0 Å². The molecule has 0 aromatic heterocycles. The average Bonchev–Trinajstić information content (AvgIpc) is 2.85. The topological polar surface area (TPSA) is 79.9 Å². The van der Waals surface area contributed by atoms with Crippen LogP contribution in [0.5, 0.6) is 5.75 Å². The van der Waals surface area contributed by atoms with Crippen molar-refractivity contribution in [1.82, 2.24) is 5.32 Å². The van der Waals surface area contributed by atoms with E-state index in [1.54, 1.807) is 7.11 Å². The van der Waals surface area contributed by atoms with Gasteiger partial charge in [-0.15, -0.1) is 0 Å². The van der Waals surface area contributed by atoms with E-state index in [1.807, 2.05) is 18.2 Å². The van der Waals surface area contributed by atoms with Crippen LogP contribution in [0.1, 0.15) is 38.8 Å². The number of nitrogens with zero attached hydrogens (tertiary/aromatic N) is 1. The maximum absolute atomic E-state index is 8.86. The molecule has 1 aliphatic carbocycles. The second kappa shape index (κ2) is 5.22. The Labute approximate surface area is 126 Å². The lowest BCUT2D eigenvalue weighted by atomic mass is 10.0. The van der Waals surface area contributed by atoms with E-state index in [0.717, 1.165) is 12.1 Å². The number of rotatable bonds is 5. The molecule has 0 aliphatic heterocycles. The van der Waals surface area contributed by atoms with Gasteiger partial charge < -0.3 is 21.0 Å². The van der Waals surface area contributed by atoms with Gasteiger partial charge in [-0.2, -0.15) is 0 Å². The van der Waals surface area contributed by atoms with Crippen molar-refractivity contribution in [2.75, 3.05) is 7.11 Å². The van der Waals surface area contributed by atoms with Crippen LogP contribution in [0.4, 0.5) is 0 Å². The van der Waals surface area contributed by atoms with E-state index < -0.39 is 0 Å². The molecule has 0 amide bonds. The zero-order valence-corrected chi connectivity index (χ0v) is 13.4. The molecular weight excluding hydrogens is 266 g/mol. The normalized spacial score (nSPS) is 20.3. The summed E-state index contributed by atoms with van der Waals surface area (Å²) in [6.07, 6.45) is 0. The molecule has 0 atom stereocenters. The molecule has 4 N–H and O–H groups in total. The monoisotopic (exact) mass is 291 g/mol. The Balaban J connectivity index is 2.12. The molecule has 0 bridgehead atoms. The van der Waals surface area contributed by atoms with E-state index in [1.165, 1.54) is 0 Å². The molecule has 1 saturated carbocycles. The molecule has 116 valence electrons. The number of benzene rings is 1. The highest BCUT2D eigenvalue weighted by molar-refractivity contribution is 5.99. The van der Waals surface area contributed by atoms with Crippen LogP contribution >= 0.6 is 0 Å². The average molecular weight is 291 g/mol. The quantitative estimate of drug-likeness (QED) is 0.336. The second-order valence-corrected chi connectivity index (χ2v) is 6.78. The van der Waals surface area contributed by atoms with Crippen LogP contribution < -0.4 is 15.8 Å². The second-order valence-electron chi connectivity index (χ2n) is 6.78. The molecule has 5 heteroatoms. The lowest BCUT2D eigenvalue weighted by Crippen LogP contribution is -2.22. The van der Waals surface area contributed by atoms with Gasteiger partial charge in [0.15, 0.2) is 5.84 Å². The number of nitrogens with two attached hydrogens (primary N) is 1. The Morgan fingerprint density at radius 1 is 1.33 bits per heavy atom. The summed E-state index contributed by atoms with van der Waals surface area (Å²) < 4.78 is 5.24. The summed E-state index contributed by atoms with van der Waals surface area (Å²) in [4.78, 5) is 0. The first-order valence-corrected chi connectivity index (χ1v) is 7.14. The molecule has 2 rings (SSSR count). The van der Waals surface area contributed by atoms with Crippen molar-refractivity contribution in [2.24, 2.45) is 21.7 Å². The molecule has 0 unspecified atom stereocenters. The molecule has 0 saturated heterocycles. The van der Waals surface area contributed by atoms with Crippen molar-refractivity contribution in [3.8, 4) is 5.75 Å². The van der Waals surface area contributed by atoms with Crippen molar-refractivity contribution in [3.05, 3.63) is 29.3 Å². The minimum atomic E-state index is 0.0563. The van der Waals surface area contributed by atoms with Crippen LogP contribution in [-0.4, -0.2) is 24.2 Å². The summed E-state index contributed by atoms with van der Waals surface area (Å²) in [6, 6.07) is 6.21. The third kappa shape index (κ3) is 2.58. The molecule has 21 heavy (non-hydrogen) atoms. The number of amidine groups is 1. The number of hydrogen-bond donors (Lipinski definition) is 3. The van der Waals surface area contributed by atoms with Crippen LogP contribution in [0.25, 0.3) is 0 Å². The smallest absolute Gasteiger partial charge is 0.173 e. The van der Waals surface area contributed by atoms with Crippen molar-refractivity contribution in [2.45, 2.75) is 40.3 Å². The highest BCUT2D eigenvalue weighted by Gasteiger charge is 2.64. The number of nitrogens with one attached hydrogen (secondary N) is 1. The van der Waals surface area contributed by atoms with Gasteiger partial charge in [-0.05, 0) is 28.5 Å². The van der Waals surface area contributed by atoms with Gasteiger partial charge in [0.25, 0.3) is 0 Å². The fourth-order valence-corrected chi connectivity index (χ4v) is 3.05. The lowest BCUT2D eigenvalue weighted by Gasteiger charge is -2.11. The fourth-order valence-electron chi connectivity index (χ4n) is 3.05. The number of ether oxygens (including phenoxy) is 1. The standard InChI is InChI=1S/C16H25N3O2/c1-15(2)14(16(15,3)4)18-9-10-6-7-12(21-5)11(8-10)13(17)19-20/h6-8,14,18,20H,9H2,1-5H3,(H2,17,19). The predicted molar refractivity (Wildman–Crippen MR) is 83.7 cm³/mol. The highest BCUT2D eigenvalue weighted by Crippen LogP contribution is 2.62. The zero-order chi connectivity index (χ0) is 15.8. The van der Waals surface area contributed by atoms with Gasteiger partial charge in [-0.3, -0.25) is 0 Å². The first-order valence-electron chi connectivity index (χ1n) is 7.14. The number of hydrogen-bond acceptors (Lipinski definition) is 4. The lowest BCUT2D eigenvalue weighted by molar-refractivity contribution is 0.318. The third-order valence-electron chi connectivity index (χ3n) is 5.18. The molecule has 1 aromatic carbocycles. The van der Waals surface area contributed by atoms with Crippen LogP contribution in [0.15, 0.2) is 23.4 Å². The maximum atomic E-state index is 8.86. The molecule has 5 nitrogen and oxygen atoms in total. The predicted octanol–water partition coefficient (Wildman–Crippen LogP) is 2.31. The van der Waals surface area contributed by atoms with Gasteiger partial charge in [0, 0.05) is 12.6 Å². The van der Waals surface area contributed by atoms with Gasteiger partial charge in [0.05, 0.1) is 12.7 Å². The van der Waals surface area contributed by atoms with E-state index in [2.05, 4.69) is 38.2 Å². The minimum Gasteiger partial charge on any atom is -0.496 e. The summed E-state index contributed by atoms with van der Waals surface area (Å²) >= 11 is 0. The summed E-state index contributed by atoms with van der Waals surface area (Å²) in [5.74, 6) is 0.655. The van der Waals surface area contributed by atoms with E-state index in [0.29, 0.717) is 28.2 Å². The number of oxime groups is 1. The Morgan fingerprint density at radius 2 is 1.95 bits per heavy atom. The Kier molecular flexibility index (Phi) is 3.89. The van der Waals surface area contributed by atoms with Gasteiger partial charge in [-0.25, -0.2) is 0 Å². The Hall–Kier alpha value is -1.75. The SMILES string of the molecule is COc1ccc(CNC2C(C)(C)C2(C)C)cc1C(N)=NO. The van der Waals surface area contributed by atoms with E-state index >= 15 is 0 Å². The molecule has 0 spiro atoms. The minimum absolute atomic E-state index is 0.0563. The van der Waals surface area contributed by atoms with Crippen LogP contribution in [0, 0.1) is 10.8 Å². The van der Waals surface area contributed by atoms with Crippen LogP contribution in [-0.2, 0) is 6.54 Å². The van der Waals surface area contributed by atoms with Gasteiger partial charge in [0.1, 0.15) is 5.75 Å². The zero-order valence-electron chi connectivity index (χ0n) is 13.4. The first-order chi connectivity index (χ1) is 9.75. The van der Waals surface area contributed by atoms with Crippen molar-refractivity contribution < 1.29 is 9.94 Å². The largest absolute Gasteiger partial charge is 0.496 e. The Bertz CT molecular complexity index is 551. The van der Waals surface area contributed by atoms with E-state index in [-0.39, 0.29) is 5.84 Å². The maximum Gasteiger partial charge on any atom is 0.173 e. The molecule has 1 aliphatic rings. The summed E-state index contributed by atoms with van der Waals surface area (Å²) in [5, 5.41) is 15.5.